The van der Waals surface area contributed by atoms with Crippen LogP contribution in [0.5, 0.6) is 0 Å². The van der Waals surface area contributed by atoms with E-state index in [1.54, 1.807) is 0 Å². The van der Waals surface area contributed by atoms with Crippen LogP contribution in [0.3, 0.4) is 0 Å². The van der Waals surface area contributed by atoms with Crippen LogP contribution in [0.15, 0.2) is 0 Å². The van der Waals surface area contributed by atoms with Gasteiger partial charge in [0.25, 0.3) is 0 Å². The van der Waals surface area contributed by atoms with Gasteiger partial charge in [0.15, 0.2) is 0 Å². The molecule has 0 fully saturated rings. The monoisotopic (exact) mass is 241 g/mol. The van der Waals surface area contributed by atoms with Crippen LogP contribution in [-0.4, -0.2) is 15.4 Å². The van der Waals surface area contributed by atoms with Gasteiger partial charge in [-0.15, -0.1) is 0 Å². The maximum absolute atomic E-state index is 4.55. The summed E-state index contributed by atoms with van der Waals surface area (Å²) in [6, 6.07) is 0.487. The molecule has 1 unspecified atom stereocenters. The molecule has 1 aromatic rings. The van der Waals surface area contributed by atoms with Gasteiger partial charge in [-0.05, 0) is 12.3 Å². The minimum atomic E-state index is 0.0377. The van der Waals surface area contributed by atoms with Crippen LogP contribution in [-0.2, 0) is 5.41 Å². The van der Waals surface area contributed by atoms with Gasteiger partial charge in [-0.3, -0.25) is 0 Å². The summed E-state index contributed by atoms with van der Waals surface area (Å²) < 4.78 is 4.40. The molecule has 1 N–H and O–H groups in total. The van der Waals surface area contributed by atoms with Gasteiger partial charge in [-0.1, -0.05) is 41.5 Å². The van der Waals surface area contributed by atoms with Crippen LogP contribution in [0, 0.1) is 5.92 Å². The normalized spacial score (nSPS) is 14.2. The van der Waals surface area contributed by atoms with Crippen LogP contribution < -0.4 is 5.32 Å². The topological polar surface area (TPSA) is 37.8 Å². The lowest BCUT2D eigenvalue weighted by Gasteiger charge is -2.19. The molecular formula is C12H23N3S. The third-order valence-electron chi connectivity index (χ3n) is 2.65. The maximum atomic E-state index is 4.55. The van der Waals surface area contributed by atoms with Gasteiger partial charge in [0, 0.05) is 23.0 Å². The van der Waals surface area contributed by atoms with Crippen molar-refractivity contribution in [3.8, 4) is 0 Å². The summed E-state index contributed by atoms with van der Waals surface area (Å²) in [4.78, 5) is 4.55. The number of nitrogens with one attached hydrogen (secondary N) is 1. The molecule has 1 aromatic heterocycles. The second-order valence-electron chi connectivity index (χ2n) is 5.58. The first-order chi connectivity index (χ1) is 7.34. The molecule has 1 atom stereocenters. The Morgan fingerprint density at radius 1 is 1.31 bits per heavy atom. The third kappa shape index (κ3) is 3.44. The fraction of sp³-hybridized carbons (Fsp3) is 0.833. The average Bonchev–Trinajstić information content (AvgIpc) is 2.61. The molecule has 4 heteroatoms. The van der Waals surface area contributed by atoms with E-state index in [4.69, 9.17) is 0 Å². The van der Waals surface area contributed by atoms with E-state index in [9.17, 15) is 0 Å². The van der Waals surface area contributed by atoms with E-state index in [-0.39, 0.29) is 5.41 Å². The molecule has 1 rings (SSSR count). The van der Waals surface area contributed by atoms with Crippen molar-refractivity contribution in [2.45, 2.75) is 59.4 Å². The molecule has 0 aliphatic rings. The third-order valence-corrected chi connectivity index (χ3v) is 3.30. The van der Waals surface area contributed by atoms with Gasteiger partial charge < -0.3 is 5.32 Å². The van der Waals surface area contributed by atoms with E-state index < -0.39 is 0 Å². The molecule has 0 aliphatic heterocycles. The summed E-state index contributed by atoms with van der Waals surface area (Å²) in [6.45, 7) is 13.1. The van der Waals surface area contributed by atoms with Crippen molar-refractivity contribution in [1.82, 2.24) is 9.36 Å². The zero-order valence-corrected chi connectivity index (χ0v) is 12.0. The Labute approximate surface area is 103 Å². The number of aromatic nitrogens is 2. The molecule has 92 valence electrons. The van der Waals surface area contributed by atoms with Gasteiger partial charge in [0.05, 0.1) is 0 Å². The number of hydrogen-bond acceptors (Lipinski definition) is 4. The molecule has 1 heterocycles. The minimum absolute atomic E-state index is 0.0377. The fourth-order valence-electron chi connectivity index (χ4n) is 1.49. The van der Waals surface area contributed by atoms with Crippen molar-refractivity contribution in [3.63, 3.8) is 0 Å². The highest BCUT2D eigenvalue weighted by Crippen LogP contribution is 2.24. The molecule has 0 saturated carbocycles. The van der Waals surface area contributed by atoms with Gasteiger partial charge in [0.1, 0.15) is 5.82 Å². The lowest BCUT2D eigenvalue weighted by molar-refractivity contribution is 0.509. The Bertz CT molecular complexity index is 325. The molecule has 0 aliphatic carbocycles. The molecular weight excluding hydrogens is 218 g/mol. The second kappa shape index (κ2) is 5.13. The molecule has 3 nitrogen and oxygen atoms in total. The Hall–Kier alpha value is -0.640. The molecule has 0 spiro atoms. The van der Waals surface area contributed by atoms with E-state index in [1.807, 2.05) is 0 Å². The minimum Gasteiger partial charge on any atom is -0.357 e. The Balaban J connectivity index is 2.72. The van der Waals surface area contributed by atoms with Gasteiger partial charge in [0.2, 0.25) is 5.13 Å². The zero-order chi connectivity index (χ0) is 12.3. The average molecular weight is 241 g/mol. The fourth-order valence-corrected chi connectivity index (χ4v) is 2.30. The number of anilines is 1. The van der Waals surface area contributed by atoms with E-state index in [0.29, 0.717) is 12.0 Å². The summed E-state index contributed by atoms with van der Waals surface area (Å²) in [5.74, 6) is 1.55. The molecule has 16 heavy (non-hydrogen) atoms. The van der Waals surface area contributed by atoms with Crippen molar-refractivity contribution in [2.75, 3.05) is 5.32 Å². The van der Waals surface area contributed by atoms with E-state index in [2.05, 4.69) is 56.2 Å². The predicted molar refractivity (Wildman–Crippen MR) is 71.1 cm³/mol. The summed E-state index contributed by atoms with van der Waals surface area (Å²) in [5, 5.41) is 4.42. The van der Waals surface area contributed by atoms with Crippen molar-refractivity contribution >= 4 is 16.7 Å². The number of nitrogens with zero attached hydrogens (tertiary/aromatic N) is 2. The number of rotatable bonds is 4. The van der Waals surface area contributed by atoms with Crippen molar-refractivity contribution in [2.24, 2.45) is 5.92 Å². The van der Waals surface area contributed by atoms with E-state index in [1.165, 1.54) is 11.5 Å². The summed E-state index contributed by atoms with van der Waals surface area (Å²) >= 11 is 1.47. The molecule has 0 bridgehead atoms. The highest BCUT2D eigenvalue weighted by molar-refractivity contribution is 7.09. The van der Waals surface area contributed by atoms with Crippen molar-refractivity contribution < 1.29 is 0 Å². The zero-order valence-electron chi connectivity index (χ0n) is 11.2. The number of hydrogen-bond donors (Lipinski definition) is 1. The molecule has 0 radical (unpaired) electrons. The first kappa shape index (κ1) is 13.4. The second-order valence-corrected chi connectivity index (χ2v) is 6.33. The lowest BCUT2D eigenvalue weighted by atomic mass is 9.96. The smallest absolute Gasteiger partial charge is 0.202 e. The molecule has 0 amide bonds. The van der Waals surface area contributed by atoms with Gasteiger partial charge in [-0.2, -0.15) is 4.37 Å². The predicted octanol–water partition coefficient (Wildman–Crippen LogP) is 3.68. The highest BCUT2D eigenvalue weighted by atomic mass is 32.1. The van der Waals surface area contributed by atoms with Gasteiger partial charge >= 0.3 is 0 Å². The molecule has 0 aromatic carbocycles. The Kier molecular flexibility index (Phi) is 4.30. The van der Waals surface area contributed by atoms with Gasteiger partial charge in [-0.25, -0.2) is 4.98 Å². The Morgan fingerprint density at radius 2 is 1.94 bits per heavy atom. The summed E-state index contributed by atoms with van der Waals surface area (Å²) in [6.07, 6.45) is 1.11. The van der Waals surface area contributed by atoms with Crippen LogP contribution in [0.1, 0.15) is 53.8 Å². The highest BCUT2D eigenvalue weighted by Gasteiger charge is 2.20. The lowest BCUT2D eigenvalue weighted by Crippen LogP contribution is -2.24. The standard InChI is InChI=1S/C12H23N3S/c1-7-9(8(2)3)13-11-14-10(15-16-11)12(4,5)6/h8-9H,7H2,1-6H3,(H,13,14,15). The van der Waals surface area contributed by atoms with Crippen molar-refractivity contribution in [1.29, 1.82) is 0 Å². The van der Waals surface area contributed by atoms with E-state index in [0.717, 1.165) is 17.4 Å². The Morgan fingerprint density at radius 3 is 2.31 bits per heavy atom. The SMILES string of the molecule is CCC(Nc1nc(C(C)(C)C)ns1)C(C)C. The van der Waals surface area contributed by atoms with Crippen LogP contribution in [0.2, 0.25) is 0 Å². The molecule has 0 saturated heterocycles. The van der Waals surface area contributed by atoms with Crippen LogP contribution in [0.4, 0.5) is 5.13 Å². The van der Waals surface area contributed by atoms with Crippen LogP contribution in [0.25, 0.3) is 0 Å². The van der Waals surface area contributed by atoms with Crippen LogP contribution >= 0.6 is 11.5 Å². The first-order valence-corrected chi connectivity index (χ1v) is 6.72. The van der Waals surface area contributed by atoms with Crippen molar-refractivity contribution in [3.05, 3.63) is 5.82 Å². The summed E-state index contributed by atoms with van der Waals surface area (Å²) in [5.41, 5.74) is 0.0377. The first-order valence-electron chi connectivity index (χ1n) is 5.95. The quantitative estimate of drug-likeness (QED) is 0.873. The maximum Gasteiger partial charge on any atom is 0.202 e. The summed E-state index contributed by atoms with van der Waals surface area (Å²) in [7, 11) is 0. The largest absolute Gasteiger partial charge is 0.357 e. The van der Waals surface area contributed by atoms with E-state index >= 15 is 0 Å².